The normalized spacial score (nSPS) is 12.6. The number of hydrogen-bond acceptors (Lipinski definition) is 2. The minimum absolute atomic E-state index is 0.315. The summed E-state index contributed by atoms with van der Waals surface area (Å²) >= 11 is 0. The van der Waals surface area contributed by atoms with Crippen molar-refractivity contribution >= 4 is 5.97 Å². The van der Waals surface area contributed by atoms with Crippen LogP contribution >= 0.6 is 0 Å². The maximum atomic E-state index is 10.9. The van der Waals surface area contributed by atoms with Gasteiger partial charge in [-0.3, -0.25) is 9.69 Å². The van der Waals surface area contributed by atoms with E-state index in [0.717, 1.165) is 19.5 Å². The predicted octanol–water partition coefficient (Wildman–Crippen LogP) is 2.62. The van der Waals surface area contributed by atoms with Crippen molar-refractivity contribution in [2.24, 2.45) is 5.92 Å². The Hall–Kier alpha value is -1.35. The Balaban J connectivity index is 2.57. The number of carboxylic acid groups (broad SMARTS) is 1. The maximum absolute atomic E-state index is 10.9. The molecule has 1 aromatic rings. The molecule has 0 bridgehead atoms. The molecule has 0 fully saturated rings. The van der Waals surface area contributed by atoms with Gasteiger partial charge in [-0.15, -0.1) is 0 Å². The van der Waals surface area contributed by atoms with Crippen LogP contribution in [0.15, 0.2) is 30.3 Å². The summed E-state index contributed by atoms with van der Waals surface area (Å²) in [5.74, 6) is -1.04. The Kier molecular flexibility index (Phi) is 5.70. The van der Waals surface area contributed by atoms with Crippen molar-refractivity contribution in [3.63, 3.8) is 0 Å². The third-order valence-corrected chi connectivity index (χ3v) is 2.74. The zero-order chi connectivity index (χ0) is 12.7. The van der Waals surface area contributed by atoms with Gasteiger partial charge < -0.3 is 5.11 Å². The van der Waals surface area contributed by atoms with Crippen LogP contribution in [0.4, 0.5) is 0 Å². The van der Waals surface area contributed by atoms with E-state index < -0.39 is 5.97 Å². The highest BCUT2D eigenvalue weighted by Gasteiger charge is 2.15. The summed E-state index contributed by atoms with van der Waals surface area (Å²) in [7, 11) is 0. The van der Waals surface area contributed by atoms with Gasteiger partial charge in [0.2, 0.25) is 0 Å². The first-order chi connectivity index (χ1) is 8.13. The Morgan fingerprint density at radius 1 is 1.35 bits per heavy atom. The number of hydrogen-bond donors (Lipinski definition) is 1. The molecule has 0 amide bonds. The lowest BCUT2D eigenvalue weighted by molar-refractivity contribution is -0.141. The first kappa shape index (κ1) is 13.7. The first-order valence-corrected chi connectivity index (χ1v) is 6.12. The average Bonchev–Trinajstić information content (AvgIpc) is 2.30. The predicted molar refractivity (Wildman–Crippen MR) is 68.8 cm³/mol. The number of benzene rings is 1. The quantitative estimate of drug-likeness (QED) is 0.789. The van der Waals surface area contributed by atoms with Crippen molar-refractivity contribution in [2.75, 3.05) is 13.1 Å². The second-order valence-corrected chi connectivity index (χ2v) is 4.46. The van der Waals surface area contributed by atoms with E-state index in [1.165, 1.54) is 5.56 Å². The fourth-order valence-corrected chi connectivity index (χ4v) is 1.86. The largest absolute Gasteiger partial charge is 0.481 e. The van der Waals surface area contributed by atoms with E-state index >= 15 is 0 Å². The van der Waals surface area contributed by atoms with E-state index in [4.69, 9.17) is 5.11 Å². The van der Waals surface area contributed by atoms with Crippen molar-refractivity contribution in [1.82, 2.24) is 4.90 Å². The highest BCUT2D eigenvalue weighted by molar-refractivity contribution is 5.69. The van der Waals surface area contributed by atoms with Crippen LogP contribution in [-0.2, 0) is 11.3 Å². The molecule has 3 heteroatoms. The minimum Gasteiger partial charge on any atom is -0.481 e. The van der Waals surface area contributed by atoms with E-state index in [2.05, 4.69) is 24.0 Å². The van der Waals surface area contributed by atoms with Crippen LogP contribution in [0.5, 0.6) is 0 Å². The molecule has 0 spiro atoms. The average molecular weight is 235 g/mol. The van der Waals surface area contributed by atoms with Gasteiger partial charge >= 0.3 is 5.97 Å². The van der Waals surface area contributed by atoms with Gasteiger partial charge in [-0.2, -0.15) is 0 Å². The van der Waals surface area contributed by atoms with Crippen LogP contribution in [0.1, 0.15) is 25.8 Å². The van der Waals surface area contributed by atoms with Crippen molar-refractivity contribution in [2.45, 2.75) is 26.8 Å². The summed E-state index contributed by atoms with van der Waals surface area (Å²) in [5.41, 5.74) is 1.23. The van der Waals surface area contributed by atoms with E-state index in [9.17, 15) is 4.79 Å². The van der Waals surface area contributed by atoms with Gasteiger partial charge in [0, 0.05) is 13.1 Å². The summed E-state index contributed by atoms with van der Waals surface area (Å²) in [6.45, 7) is 6.25. The monoisotopic (exact) mass is 235 g/mol. The molecule has 0 saturated heterocycles. The van der Waals surface area contributed by atoms with Gasteiger partial charge in [-0.25, -0.2) is 0 Å². The first-order valence-electron chi connectivity index (χ1n) is 6.12. The molecule has 1 N–H and O–H groups in total. The van der Waals surface area contributed by atoms with Crippen LogP contribution in [0.2, 0.25) is 0 Å². The Morgan fingerprint density at radius 2 is 2.00 bits per heavy atom. The third kappa shape index (κ3) is 5.00. The highest BCUT2D eigenvalue weighted by Crippen LogP contribution is 2.08. The molecule has 0 aromatic heterocycles. The van der Waals surface area contributed by atoms with Gasteiger partial charge in [0.1, 0.15) is 0 Å². The van der Waals surface area contributed by atoms with Gasteiger partial charge in [-0.1, -0.05) is 44.2 Å². The number of aliphatic carboxylic acids is 1. The van der Waals surface area contributed by atoms with Crippen LogP contribution in [0.3, 0.4) is 0 Å². The Labute approximate surface area is 103 Å². The fourth-order valence-electron chi connectivity index (χ4n) is 1.86. The zero-order valence-corrected chi connectivity index (χ0v) is 10.6. The Bertz CT molecular complexity index is 337. The molecule has 17 heavy (non-hydrogen) atoms. The molecular formula is C14H21NO2. The minimum atomic E-state index is -0.723. The SMILES string of the molecule is CCCN(Cc1ccccc1)CC(C)C(=O)O. The van der Waals surface area contributed by atoms with Crippen LogP contribution in [-0.4, -0.2) is 29.1 Å². The van der Waals surface area contributed by atoms with Gasteiger partial charge in [0.25, 0.3) is 0 Å². The third-order valence-electron chi connectivity index (χ3n) is 2.74. The second kappa shape index (κ2) is 7.07. The molecule has 1 atom stereocenters. The van der Waals surface area contributed by atoms with Crippen molar-refractivity contribution in [1.29, 1.82) is 0 Å². The molecule has 0 saturated carbocycles. The van der Waals surface area contributed by atoms with E-state index in [-0.39, 0.29) is 5.92 Å². The standard InChI is InChI=1S/C14H21NO2/c1-3-9-15(10-12(2)14(16)17)11-13-7-5-4-6-8-13/h4-8,12H,3,9-11H2,1-2H3,(H,16,17). The summed E-state index contributed by atoms with van der Waals surface area (Å²) in [4.78, 5) is 13.1. The van der Waals surface area contributed by atoms with Crippen LogP contribution in [0, 0.1) is 5.92 Å². The summed E-state index contributed by atoms with van der Waals surface area (Å²) in [5, 5.41) is 8.94. The lowest BCUT2D eigenvalue weighted by Gasteiger charge is -2.23. The van der Waals surface area contributed by atoms with E-state index in [0.29, 0.717) is 6.54 Å². The molecule has 0 aliphatic rings. The molecule has 0 heterocycles. The molecule has 0 radical (unpaired) electrons. The number of rotatable bonds is 7. The number of nitrogens with zero attached hydrogens (tertiary/aromatic N) is 1. The molecule has 1 aromatic carbocycles. The van der Waals surface area contributed by atoms with Crippen molar-refractivity contribution in [3.8, 4) is 0 Å². The smallest absolute Gasteiger partial charge is 0.307 e. The van der Waals surface area contributed by atoms with Gasteiger partial charge in [0.05, 0.1) is 5.92 Å². The number of carboxylic acids is 1. The van der Waals surface area contributed by atoms with Crippen molar-refractivity contribution < 1.29 is 9.90 Å². The van der Waals surface area contributed by atoms with Gasteiger partial charge in [0.15, 0.2) is 0 Å². The molecular weight excluding hydrogens is 214 g/mol. The van der Waals surface area contributed by atoms with E-state index in [1.807, 2.05) is 18.2 Å². The fraction of sp³-hybridized carbons (Fsp3) is 0.500. The molecule has 3 nitrogen and oxygen atoms in total. The molecule has 0 aliphatic carbocycles. The number of carbonyl (C=O) groups is 1. The van der Waals surface area contributed by atoms with Crippen LogP contribution < -0.4 is 0 Å². The molecule has 1 rings (SSSR count). The van der Waals surface area contributed by atoms with Crippen LogP contribution in [0.25, 0.3) is 0 Å². The zero-order valence-electron chi connectivity index (χ0n) is 10.6. The summed E-state index contributed by atoms with van der Waals surface area (Å²) in [6.07, 6.45) is 1.04. The highest BCUT2D eigenvalue weighted by atomic mass is 16.4. The van der Waals surface area contributed by atoms with Crippen molar-refractivity contribution in [3.05, 3.63) is 35.9 Å². The van der Waals surface area contributed by atoms with E-state index in [1.54, 1.807) is 6.92 Å². The lowest BCUT2D eigenvalue weighted by atomic mass is 10.1. The second-order valence-electron chi connectivity index (χ2n) is 4.46. The summed E-state index contributed by atoms with van der Waals surface area (Å²) in [6, 6.07) is 10.2. The molecule has 1 unspecified atom stereocenters. The Morgan fingerprint density at radius 3 is 2.53 bits per heavy atom. The van der Waals surface area contributed by atoms with Gasteiger partial charge in [-0.05, 0) is 18.5 Å². The lowest BCUT2D eigenvalue weighted by Crippen LogP contribution is -2.32. The molecule has 94 valence electrons. The topological polar surface area (TPSA) is 40.5 Å². The molecule has 0 aliphatic heterocycles. The maximum Gasteiger partial charge on any atom is 0.307 e. The summed E-state index contributed by atoms with van der Waals surface area (Å²) < 4.78 is 0.